The quantitative estimate of drug-likeness (QED) is 0.674. The van der Waals surface area contributed by atoms with Gasteiger partial charge in [0.15, 0.2) is 0 Å². The van der Waals surface area contributed by atoms with E-state index in [-0.39, 0.29) is 5.91 Å². The SMILES string of the molecule is COc1ccc(Br)cc1CNC(=O)c1ccc2c(c1)nc1n2CC[C@H](C)C1. The number of nitrogens with one attached hydrogen (secondary N) is 1. The van der Waals surface area contributed by atoms with Gasteiger partial charge in [-0.1, -0.05) is 22.9 Å². The molecule has 0 saturated heterocycles. The number of benzene rings is 2. The second-order valence-electron chi connectivity index (χ2n) is 7.12. The third-order valence-electron chi connectivity index (χ3n) is 5.15. The number of fused-ring (bicyclic) bond motifs is 3. The molecule has 0 bridgehead atoms. The Morgan fingerprint density at radius 1 is 1.33 bits per heavy atom. The molecule has 2 aromatic carbocycles. The van der Waals surface area contributed by atoms with Crippen molar-refractivity contribution in [3.8, 4) is 5.75 Å². The zero-order chi connectivity index (χ0) is 19.0. The standard InChI is InChI=1S/C21H22BrN3O2/c1-13-7-8-25-18-5-3-14(11-17(18)24-20(25)9-13)21(26)23-12-15-10-16(22)4-6-19(15)27-2/h3-6,10-11,13H,7-9,12H2,1-2H3,(H,23,26)/t13-/m0/s1. The molecule has 27 heavy (non-hydrogen) atoms. The van der Waals surface area contributed by atoms with Gasteiger partial charge in [-0.25, -0.2) is 4.98 Å². The summed E-state index contributed by atoms with van der Waals surface area (Å²) < 4.78 is 8.60. The molecule has 2 heterocycles. The molecule has 1 aromatic heterocycles. The van der Waals surface area contributed by atoms with Crippen LogP contribution in [0.25, 0.3) is 11.0 Å². The van der Waals surface area contributed by atoms with Gasteiger partial charge in [-0.05, 0) is 48.7 Å². The van der Waals surface area contributed by atoms with Gasteiger partial charge in [0.2, 0.25) is 0 Å². The lowest BCUT2D eigenvalue weighted by atomic mass is 10.0. The molecule has 0 aliphatic carbocycles. The van der Waals surface area contributed by atoms with Crippen LogP contribution in [-0.4, -0.2) is 22.6 Å². The first kappa shape index (κ1) is 18.0. The van der Waals surface area contributed by atoms with Crippen molar-refractivity contribution in [3.05, 3.63) is 57.8 Å². The van der Waals surface area contributed by atoms with Crippen LogP contribution in [-0.2, 0) is 19.5 Å². The van der Waals surface area contributed by atoms with E-state index in [2.05, 4.69) is 32.7 Å². The lowest BCUT2D eigenvalue weighted by molar-refractivity contribution is 0.0951. The number of imidazole rings is 1. The Bertz CT molecular complexity index is 1010. The van der Waals surface area contributed by atoms with Crippen molar-refractivity contribution in [1.29, 1.82) is 0 Å². The van der Waals surface area contributed by atoms with Gasteiger partial charge in [-0.2, -0.15) is 0 Å². The van der Waals surface area contributed by atoms with Crippen LogP contribution in [0.4, 0.5) is 0 Å². The molecule has 6 heteroatoms. The van der Waals surface area contributed by atoms with Gasteiger partial charge in [0, 0.05) is 35.1 Å². The predicted molar refractivity (Wildman–Crippen MR) is 109 cm³/mol. The second kappa shape index (κ2) is 7.35. The van der Waals surface area contributed by atoms with E-state index >= 15 is 0 Å². The molecule has 140 valence electrons. The van der Waals surface area contributed by atoms with E-state index < -0.39 is 0 Å². The van der Waals surface area contributed by atoms with Crippen LogP contribution >= 0.6 is 15.9 Å². The van der Waals surface area contributed by atoms with Crippen molar-refractivity contribution in [1.82, 2.24) is 14.9 Å². The number of amides is 1. The minimum atomic E-state index is -0.113. The highest BCUT2D eigenvalue weighted by atomic mass is 79.9. The summed E-state index contributed by atoms with van der Waals surface area (Å²) in [4.78, 5) is 17.4. The zero-order valence-electron chi connectivity index (χ0n) is 15.5. The minimum absolute atomic E-state index is 0.113. The second-order valence-corrected chi connectivity index (χ2v) is 8.04. The minimum Gasteiger partial charge on any atom is -0.496 e. The number of carbonyl (C=O) groups excluding carboxylic acids is 1. The average Bonchev–Trinajstić information content (AvgIpc) is 3.02. The lowest BCUT2D eigenvalue weighted by Crippen LogP contribution is -2.23. The molecule has 0 fully saturated rings. The van der Waals surface area contributed by atoms with Crippen molar-refractivity contribution in [2.75, 3.05) is 7.11 Å². The van der Waals surface area contributed by atoms with Crippen LogP contribution in [0.2, 0.25) is 0 Å². The maximum absolute atomic E-state index is 12.6. The summed E-state index contributed by atoms with van der Waals surface area (Å²) in [6.45, 7) is 3.66. The maximum atomic E-state index is 12.6. The monoisotopic (exact) mass is 427 g/mol. The normalized spacial score (nSPS) is 16.2. The topological polar surface area (TPSA) is 56.1 Å². The molecule has 4 rings (SSSR count). The molecule has 0 radical (unpaired) electrons. The molecule has 0 spiro atoms. The summed E-state index contributed by atoms with van der Waals surface area (Å²) in [5, 5.41) is 2.98. The third-order valence-corrected chi connectivity index (χ3v) is 5.64. The summed E-state index contributed by atoms with van der Waals surface area (Å²) in [5.41, 5.74) is 3.56. The Labute approximate surface area is 166 Å². The molecule has 1 N–H and O–H groups in total. The molecule has 5 nitrogen and oxygen atoms in total. The number of aromatic nitrogens is 2. The maximum Gasteiger partial charge on any atom is 0.251 e. The van der Waals surface area contributed by atoms with Gasteiger partial charge in [-0.15, -0.1) is 0 Å². The van der Waals surface area contributed by atoms with E-state index in [1.54, 1.807) is 7.11 Å². The zero-order valence-corrected chi connectivity index (χ0v) is 17.0. The largest absolute Gasteiger partial charge is 0.496 e. The highest BCUT2D eigenvalue weighted by Gasteiger charge is 2.20. The number of rotatable bonds is 4. The molecule has 3 aromatic rings. The summed E-state index contributed by atoms with van der Waals surface area (Å²) in [6.07, 6.45) is 2.17. The van der Waals surface area contributed by atoms with E-state index in [9.17, 15) is 4.79 Å². The first-order chi connectivity index (χ1) is 13.0. The van der Waals surface area contributed by atoms with Crippen LogP contribution in [0.5, 0.6) is 5.75 Å². The van der Waals surface area contributed by atoms with E-state index in [0.29, 0.717) is 18.0 Å². The Kier molecular flexibility index (Phi) is 4.91. The van der Waals surface area contributed by atoms with Crippen LogP contribution in [0.15, 0.2) is 40.9 Å². The fourth-order valence-electron chi connectivity index (χ4n) is 3.65. The van der Waals surface area contributed by atoms with Crippen LogP contribution in [0.1, 0.15) is 35.1 Å². The Morgan fingerprint density at radius 2 is 2.19 bits per heavy atom. The van der Waals surface area contributed by atoms with Gasteiger partial charge in [0.05, 0.1) is 18.1 Å². The van der Waals surface area contributed by atoms with Gasteiger partial charge >= 0.3 is 0 Å². The van der Waals surface area contributed by atoms with E-state index in [4.69, 9.17) is 9.72 Å². The van der Waals surface area contributed by atoms with Gasteiger partial charge in [0.25, 0.3) is 5.91 Å². The fourth-order valence-corrected chi connectivity index (χ4v) is 4.06. The average molecular weight is 428 g/mol. The number of aryl methyl sites for hydroxylation is 1. The highest BCUT2D eigenvalue weighted by molar-refractivity contribution is 9.10. The van der Waals surface area contributed by atoms with Crippen LogP contribution in [0, 0.1) is 5.92 Å². The Morgan fingerprint density at radius 3 is 3.00 bits per heavy atom. The molecular formula is C21H22BrN3O2. The summed E-state index contributed by atoms with van der Waals surface area (Å²) in [5.74, 6) is 2.43. The molecule has 1 aliphatic heterocycles. The lowest BCUT2D eigenvalue weighted by Gasteiger charge is -2.20. The molecule has 1 atom stereocenters. The van der Waals surface area contributed by atoms with E-state index in [0.717, 1.165) is 45.6 Å². The van der Waals surface area contributed by atoms with Gasteiger partial charge in [-0.3, -0.25) is 4.79 Å². The molecule has 1 aliphatic rings. The number of methoxy groups -OCH3 is 1. The summed E-state index contributed by atoms with van der Waals surface area (Å²) in [7, 11) is 1.63. The van der Waals surface area contributed by atoms with Gasteiger partial charge in [0.1, 0.15) is 11.6 Å². The predicted octanol–water partition coefficient (Wildman–Crippen LogP) is 4.32. The van der Waals surface area contributed by atoms with Crippen LogP contribution < -0.4 is 10.1 Å². The number of hydrogen-bond acceptors (Lipinski definition) is 3. The van der Waals surface area contributed by atoms with Crippen molar-refractivity contribution < 1.29 is 9.53 Å². The van der Waals surface area contributed by atoms with Crippen molar-refractivity contribution in [2.24, 2.45) is 5.92 Å². The number of halogens is 1. The Hall–Kier alpha value is -2.34. The molecular weight excluding hydrogens is 406 g/mol. The summed E-state index contributed by atoms with van der Waals surface area (Å²) in [6, 6.07) is 11.5. The first-order valence-electron chi connectivity index (χ1n) is 9.15. The van der Waals surface area contributed by atoms with Crippen LogP contribution in [0.3, 0.4) is 0 Å². The number of carbonyl (C=O) groups is 1. The van der Waals surface area contributed by atoms with Gasteiger partial charge < -0.3 is 14.6 Å². The Balaban J connectivity index is 1.54. The van der Waals surface area contributed by atoms with Crippen molar-refractivity contribution in [2.45, 2.75) is 32.9 Å². The smallest absolute Gasteiger partial charge is 0.251 e. The van der Waals surface area contributed by atoms with E-state index in [1.165, 1.54) is 6.42 Å². The summed E-state index contributed by atoms with van der Waals surface area (Å²) >= 11 is 3.46. The molecule has 0 unspecified atom stereocenters. The van der Waals surface area contributed by atoms with Crippen molar-refractivity contribution in [3.63, 3.8) is 0 Å². The fraction of sp³-hybridized carbons (Fsp3) is 0.333. The highest BCUT2D eigenvalue weighted by Crippen LogP contribution is 2.26. The number of hydrogen-bond donors (Lipinski definition) is 1. The molecule has 0 saturated carbocycles. The van der Waals surface area contributed by atoms with Crippen molar-refractivity contribution >= 4 is 32.9 Å². The van der Waals surface area contributed by atoms with E-state index in [1.807, 2.05) is 36.4 Å². The third kappa shape index (κ3) is 3.58. The number of ether oxygens (including phenoxy) is 1. The number of nitrogens with zero attached hydrogens (tertiary/aromatic N) is 2. The molecule has 1 amide bonds. The first-order valence-corrected chi connectivity index (χ1v) is 9.94.